The van der Waals surface area contributed by atoms with E-state index < -0.39 is 5.41 Å². The molecule has 1 atom stereocenters. The van der Waals surface area contributed by atoms with E-state index in [1.165, 1.54) is 109 Å². The van der Waals surface area contributed by atoms with E-state index in [0.29, 0.717) is 0 Å². The Kier molecular flexibility index (Phi) is 5.73. The zero-order valence-electron chi connectivity index (χ0n) is 28.2. The molecule has 0 saturated heterocycles. The fourth-order valence-corrected chi connectivity index (χ4v) is 11.0. The van der Waals surface area contributed by atoms with Crippen LogP contribution in [0.5, 0.6) is 0 Å². The summed E-state index contributed by atoms with van der Waals surface area (Å²) in [6.07, 6.45) is 0. The van der Waals surface area contributed by atoms with Gasteiger partial charge in [-0.1, -0.05) is 176 Å². The molecule has 0 aromatic heterocycles. The van der Waals surface area contributed by atoms with Crippen molar-refractivity contribution in [2.24, 2.45) is 0 Å². The Bertz CT molecular complexity index is 3000. The van der Waals surface area contributed by atoms with Crippen molar-refractivity contribution < 1.29 is 0 Å². The molecule has 1 heteroatoms. The van der Waals surface area contributed by atoms with Gasteiger partial charge in [0.05, 0.1) is 5.41 Å². The van der Waals surface area contributed by atoms with Crippen LogP contribution in [0.1, 0.15) is 22.3 Å². The molecule has 0 saturated carbocycles. The highest BCUT2D eigenvalue weighted by molar-refractivity contribution is 7.99. The SMILES string of the molecule is c1cc(-c2cccc3c2-c2ccccc2C32c3ccccc3-c3cccc4cccc2c34)cc(-c2ccc3c4c(cccc24)-c2ccccc2S3)c1. The molecule has 0 N–H and O–H groups in total. The molecule has 9 aromatic rings. The summed E-state index contributed by atoms with van der Waals surface area (Å²) < 4.78 is 0. The van der Waals surface area contributed by atoms with Crippen LogP contribution in [0.4, 0.5) is 0 Å². The minimum atomic E-state index is -0.422. The van der Waals surface area contributed by atoms with Crippen LogP contribution in [0.25, 0.3) is 77.2 Å². The van der Waals surface area contributed by atoms with Crippen molar-refractivity contribution in [2.45, 2.75) is 15.2 Å². The van der Waals surface area contributed by atoms with Crippen molar-refractivity contribution in [1.82, 2.24) is 0 Å². The molecular weight excluding hydrogens is 645 g/mol. The van der Waals surface area contributed by atoms with Crippen molar-refractivity contribution in [3.05, 3.63) is 204 Å². The van der Waals surface area contributed by atoms with Gasteiger partial charge in [-0.3, -0.25) is 0 Å². The summed E-state index contributed by atoms with van der Waals surface area (Å²) in [5.41, 5.74) is 18.0. The molecule has 3 aliphatic rings. The molecule has 52 heavy (non-hydrogen) atoms. The predicted molar refractivity (Wildman–Crippen MR) is 218 cm³/mol. The fraction of sp³-hybridized carbons (Fsp3) is 0.0196. The Hall–Kier alpha value is -6.15. The first kappa shape index (κ1) is 28.5. The van der Waals surface area contributed by atoms with Gasteiger partial charge in [0, 0.05) is 15.2 Å². The van der Waals surface area contributed by atoms with Gasteiger partial charge >= 0.3 is 0 Å². The van der Waals surface area contributed by atoms with Crippen LogP contribution in [-0.4, -0.2) is 0 Å². The average molecular weight is 675 g/mol. The van der Waals surface area contributed by atoms with Crippen molar-refractivity contribution >= 4 is 33.3 Å². The van der Waals surface area contributed by atoms with Crippen LogP contribution >= 0.6 is 11.8 Å². The van der Waals surface area contributed by atoms with E-state index in [0.717, 1.165) is 0 Å². The maximum Gasteiger partial charge on any atom is 0.0725 e. The number of fused-ring (bicyclic) bond motifs is 11. The minimum absolute atomic E-state index is 0.422. The Balaban J connectivity index is 1.11. The number of hydrogen-bond acceptors (Lipinski definition) is 1. The molecule has 240 valence electrons. The van der Waals surface area contributed by atoms with Crippen LogP contribution in [0.15, 0.2) is 192 Å². The number of rotatable bonds is 2. The van der Waals surface area contributed by atoms with Gasteiger partial charge in [-0.25, -0.2) is 0 Å². The lowest BCUT2D eigenvalue weighted by atomic mass is 9.61. The third kappa shape index (κ3) is 3.59. The van der Waals surface area contributed by atoms with Gasteiger partial charge in [0.25, 0.3) is 0 Å². The Morgan fingerprint density at radius 1 is 0.327 bits per heavy atom. The van der Waals surface area contributed by atoms with Crippen LogP contribution < -0.4 is 0 Å². The first-order valence-electron chi connectivity index (χ1n) is 18.1. The molecule has 0 bridgehead atoms. The molecule has 0 radical (unpaired) electrons. The molecule has 1 aliphatic heterocycles. The highest BCUT2D eigenvalue weighted by Crippen LogP contribution is 2.63. The van der Waals surface area contributed by atoms with Gasteiger partial charge in [0.1, 0.15) is 0 Å². The average Bonchev–Trinajstić information content (AvgIpc) is 3.51. The summed E-state index contributed by atoms with van der Waals surface area (Å²) in [6.45, 7) is 0. The van der Waals surface area contributed by atoms with Gasteiger partial charge in [-0.15, -0.1) is 0 Å². The van der Waals surface area contributed by atoms with Gasteiger partial charge in [-0.2, -0.15) is 0 Å². The first-order valence-corrected chi connectivity index (χ1v) is 18.9. The number of hydrogen-bond donors (Lipinski definition) is 0. The maximum atomic E-state index is 2.42. The van der Waals surface area contributed by atoms with Gasteiger partial charge in [0.2, 0.25) is 0 Å². The van der Waals surface area contributed by atoms with E-state index in [4.69, 9.17) is 0 Å². The monoisotopic (exact) mass is 674 g/mol. The smallest absolute Gasteiger partial charge is 0.0725 e. The molecule has 0 fully saturated rings. The van der Waals surface area contributed by atoms with E-state index >= 15 is 0 Å². The van der Waals surface area contributed by atoms with Gasteiger partial charge in [-0.05, 0) is 112 Å². The molecule has 1 unspecified atom stereocenters. The van der Waals surface area contributed by atoms with E-state index in [1.54, 1.807) is 0 Å². The fourth-order valence-electron chi connectivity index (χ4n) is 9.90. The molecule has 1 spiro atoms. The lowest BCUT2D eigenvalue weighted by Gasteiger charge is -2.40. The van der Waals surface area contributed by atoms with E-state index in [9.17, 15) is 0 Å². The van der Waals surface area contributed by atoms with Crippen LogP contribution in [0, 0.1) is 0 Å². The lowest BCUT2D eigenvalue weighted by molar-refractivity contribution is 0.773. The molecule has 2 aliphatic carbocycles. The summed E-state index contributed by atoms with van der Waals surface area (Å²) in [6, 6.07) is 68.5. The summed E-state index contributed by atoms with van der Waals surface area (Å²) in [7, 11) is 0. The topological polar surface area (TPSA) is 0 Å². The summed E-state index contributed by atoms with van der Waals surface area (Å²) in [4.78, 5) is 2.66. The highest BCUT2D eigenvalue weighted by Gasteiger charge is 2.50. The van der Waals surface area contributed by atoms with Crippen molar-refractivity contribution in [2.75, 3.05) is 0 Å². The zero-order chi connectivity index (χ0) is 34.0. The van der Waals surface area contributed by atoms with Crippen molar-refractivity contribution in [3.63, 3.8) is 0 Å². The van der Waals surface area contributed by atoms with Crippen LogP contribution in [0.3, 0.4) is 0 Å². The van der Waals surface area contributed by atoms with Crippen LogP contribution in [0.2, 0.25) is 0 Å². The standard InChI is InChI=1S/C51H30S/c1-4-23-42-36(16-1)39-20-8-12-31-13-9-25-44(48(31)39)51(42)43-24-5-2-18-41(43)49-35(19-11-26-45(49)51)33-15-7-14-32(30-33)34-28-29-47-50-38(34)21-10-22-40(50)37-17-3-6-27-46(37)52-47/h1-30H. The largest absolute Gasteiger partial charge is 0.0888 e. The van der Waals surface area contributed by atoms with Crippen molar-refractivity contribution in [1.29, 1.82) is 0 Å². The second kappa shape index (κ2) is 10.4. The summed E-state index contributed by atoms with van der Waals surface area (Å²) >= 11 is 1.89. The normalized spacial score (nSPS) is 15.7. The van der Waals surface area contributed by atoms with Gasteiger partial charge < -0.3 is 0 Å². The maximum absolute atomic E-state index is 2.42. The lowest BCUT2D eigenvalue weighted by Crippen LogP contribution is -2.31. The molecular formula is C51H30S. The second-order valence-corrected chi connectivity index (χ2v) is 15.4. The first-order chi connectivity index (χ1) is 25.8. The number of benzene rings is 9. The summed E-state index contributed by atoms with van der Waals surface area (Å²) in [5.74, 6) is 0. The van der Waals surface area contributed by atoms with Crippen LogP contribution in [-0.2, 0) is 5.41 Å². The quantitative estimate of drug-likeness (QED) is 0.176. The highest BCUT2D eigenvalue weighted by atomic mass is 32.2. The molecule has 1 heterocycles. The molecule has 9 aromatic carbocycles. The predicted octanol–water partition coefficient (Wildman–Crippen LogP) is 13.8. The Labute approximate surface area is 307 Å². The Morgan fingerprint density at radius 3 is 1.77 bits per heavy atom. The third-order valence-corrected chi connectivity index (χ3v) is 13.0. The Morgan fingerprint density at radius 2 is 0.904 bits per heavy atom. The van der Waals surface area contributed by atoms with E-state index in [-0.39, 0.29) is 0 Å². The second-order valence-electron chi connectivity index (χ2n) is 14.3. The molecule has 0 nitrogen and oxygen atoms in total. The zero-order valence-corrected chi connectivity index (χ0v) is 29.0. The third-order valence-electron chi connectivity index (χ3n) is 11.9. The molecule has 12 rings (SSSR count). The van der Waals surface area contributed by atoms with Crippen molar-refractivity contribution in [3.8, 4) is 55.6 Å². The summed E-state index contributed by atoms with van der Waals surface area (Å²) in [5, 5.41) is 5.32. The van der Waals surface area contributed by atoms with Gasteiger partial charge in [0.15, 0.2) is 0 Å². The van der Waals surface area contributed by atoms with E-state index in [1.807, 2.05) is 11.8 Å². The van der Waals surface area contributed by atoms with E-state index in [2.05, 4.69) is 182 Å². The minimum Gasteiger partial charge on any atom is -0.0888 e. The molecule has 0 amide bonds.